The van der Waals surface area contributed by atoms with Gasteiger partial charge in [0.15, 0.2) is 0 Å². The third-order valence-electron chi connectivity index (χ3n) is 3.65. The maximum Gasteiger partial charge on any atom is 0.304 e. The summed E-state index contributed by atoms with van der Waals surface area (Å²) >= 11 is 0. The molecule has 0 aromatic heterocycles. The molecule has 0 saturated carbocycles. The number of hydrogen-bond acceptors (Lipinski definition) is 3. The summed E-state index contributed by atoms with van der Waals surface area (Å²) in [6, 6.07) is 7.25. The van der Waals surface area contributed by atoms with Crippen LogP contribution in [0.3, 0.4) is 0 Å². The van der Waals surface area contributed by atoms with Gasteiger partial charge in [-0.2, -0.15) is 0 Å². The summed E-state index contributed by atoms with van der Waals surface area (Å²) in [5, 5.41) is 8.78. The maximum absolute atomic E-state index is 12.2. The lowest BCUT2D eigenvalue weighted by Crippen LogP contribution is -2.31. The first-order valence-electron chi connectivity index (χ1n) is 6.89. The Kier molecular flexibility index (Phi) is 3.85. The van der Waals surface area contributed by atoms with Crippen molar-refractivity contribution >= 4 is 23.5 Å². The molecule has 1 fully saturated rings. The van der Waals surface area contributed by atoms with Crippen LogP contribution in [0.4, 0.5) is 5.69 Å². The quantitative estimate of drug-likeness (QED) is 0.867. The zero-order valence-electron chi connectivity index (χ0n) is 12.4. The molecule has 1 aromatic rings. The summed E-state index contributed by atoms with van der Waals surface area (Å²) in [6.45, 7) is 6.24. The molecular formula is C16H19NO4. The van der Waals surface area contributed by atoms with Gasteiger partial charge < -0.3 is 5.11 Å². The summed E-state index contributed by atoms with van der Waals surface area (Å²) in [7, 11) is 0. The molecule has 1 N–H and O–H groups in total. The van der Waals surface area contributed by atoms with E-state index in [9.17, 15) is 14.4 Å². The van der Waals surface area contributed by atoms with Crippen LogP contribution in [0, 0.1) is 5.92 Å². The molecule has 1 atom stereocenters. The van der Waals surface area contributed by atoms with Gasteiger partial charge in [0.05, 0.1) is 18.0 Å². The fraction of sp³-hybridized carbons (Fsp3) is 0.438. The minimum atomic E-state index is -1.06. The van der Waals surface area contributed by atoms with E-state index in [1.165, 1.54) is 0 Å². The van der Waals surface area contributed by atoms with E-state index in [0.717, 1.165) is 10.5 Å². The van der Waals surface area contributed by atoms with Gasteiger partial charge in [-0.25, -0.2) is 0 Å². The Hall–Kier alpha value is -2.17. The average molecular weight is 289 g/mol. The van der Waals surface area contributed by atoms with Crippen LogP contribution in [-0.4, -0.2) is 22.9 Å². The predicted octanol–water partition coefficient (Wildman–Crippen LogP) is 2.34. The molecule has 21 heavy (non-hydrogen) atoms. The molecule has 1 aliphatic rings. The zero-order valence-corrected chi connectivity index (χ0v) is 12.4. The lowest BCUT2D eigenvalue weighted by molar-refractivity contribution is -0.140. The van der Waals surface area contributed by atoms with Crippen LogP contribution < -0.4 is 4.90 Å². The lowest BCUT2D eigenvalue weighted by Gasteiger charge is -2.21. The predicted molar refractivity (Wildman–Crippen MR) is 78.0 cm³/mol. The third-order valence-corrected chi connectivity index (χ3v) is 3.65. The number of benzene rings is 1. The molecular weight excluding hydrogens is 270 g/mol. The van der Waals surface area contributed by atoms with Crippen molar-refractivity contribution in [2.45, 2.75) is 39.0 Å². The molecule has 0 spiro atoms. The number of carboxylic acids is 1. The number of rotatable bonds is 3. The Labute approximate surface area is 123 Å². The van der Waals surface area contributed by atoms with Crippen LogP contribution in [-0.2, 0) is 19.8 Å². The van der Waals surface area contributed by atoms with E-state index in [4.69, 9.17) is 5.11 Å². The molecule has 1 heterocycles. The Bertz CT molecular complexity index is 583. The minimum absolute atomic E-state index is 0.0105. The molecule has 0 radical (unpaired) electrons. The van der Waals surface area contributed by atoms with Crippen LogP contribution in [0.15, 0.2) is 24.3 Å². The van der Waals surface area contributed by atoms with Gasteiger partial charge in [-0.3, -0.25) is 19.3 Å². The van der Waals surface area contributed by atoms with Gasteiger partial charge in [-0.15, -0.1) is 0 Å². The normalized spacial score (nSPS) is 19.2. The molecule has 2 amide bonds. The van der Waals surface area contributed by atoms with E-state index < -0.39 is 17.8 Å². The number of imide groups is 1. The molecule has 1 saturated heterocycles. The van der Waals surface area contributed by atoms with Crippen molar-refractivity contribution in [3.05, 3.63) is 29.8 Å². The summed E-state index contributed by atoms with van der Waals surface area (Å²) in [4.78, 5) is 36.0. The number of carbonyl (C=O) groups excluding carboxylic acids is 2. The van der Waals surface area contributed by atoms with Crippen LogP contribution in [0.1, 0.15) is 39.2 Å². The number of amides is 2. The van der Waals surface area contributed by atoms with Crippen molar-refractivity contribution in [2.24, 2.45) is 5.92 Å². The van der Waals surface area contributed by atoms with E-state index in [1.54, 1.807) is 12.1 Å². The van der Waals surface area contributed by atoms with Crippen LogP contribution in [0.5, 0.6) is 0 Å². The minimum Gasteiger partial charge on any atom is -0.481 e. The van der Waals surface area contributed by atoms with Gasteiger partial charge in [0.2, 0.25) is 11.8 Å². The summed E-state index contributed by atoms with van der Waals surface area (Å²) in [5.74, 6) is -2.58. The Morgan fingerprint density at radius 3 is 2.29 bits per heavy atom. The van der Waals surface area contributed by atoms with Gasteiger partial charge in [0, 0.05) is 6.42 Å². The summed E-state index contributed by atoms with van der Waals surface area (Å²) < 4.78 is 0. The van der Waals surface area contributed by atoms with Crippen LogP contribution in [0.2, 0.25) is 0 Å². The first kappa shape index (κ1) is 15.2. The highest BCUT2D eigenvalue weighted by molar-refractivity contribution is 6.21. The number of anilines is 1. The fourth-order valence-corrected chi connectivity index (χ4v) is 2.45. The average Bonchev–Trinajstić information content (AvgIpc) is 2.63. The Balaban J connectivity index is 2.24. The molecule has 1 aliphatic heterocycles. The smallest absolute Gasteiger partial charge is 0.304 e. The molecule has 5 heteroatoms. The molecule has 0 aliphatic carbocycles. The summed E-state index contributed by atoms with van der Waals surface area (Å²) in [5.41, 5.74) is 1.60. The third kappa shape index (κ3) is 3.12. The van der Waals surface area contributed by atoms with Crippen molar-refractivity contribution < 1.29 is 19.5 Å². The molecule has 2 rings (SSSR count). The molecule has 5 nitrogen and oxygen atoms in total. The summed E-state index contributed by atoms with van der Waals surface area (Å²) in [6.07, 6.45) is -0.340. The molecule has 0 bridgehead atoms. The largest absolute Gasteiger partial charge is 0.481 e. The highest BCUT2D eigenvalue weighted by Crippen LogP contribution is 2.30. The van der Waals surface area contributed by atoms with E-state index in [-0.39, 0.29) is 24.2 Å². The Morgan fingerprint density at radius 2 is 1.81 bits per heavy atom. The van der Waals surface area contributed by atoms with Crippen molar-refractivity contribution in [3.63, 3.8) is 0 Å². The number of aliphatic carboxylic acids is 1. The second-order valence-corrected chi connectivity index (χ2v) is 6.36. The van der Waals surface area contributed by atoms with Crippen LogP contribution >= 0.6 is 0 Å². The number of hydrogen-bond donors (Lipinski definition) is 1. The van der Waals surface area contributed by atoms with E-state index >= 15 is 0 Å². The van der Waals surface area contributed by atoms with Gasteiger partial charge in [0.25, 0.3) is 0 Å². The van der Waals surface area contributed by atoms with E-state index in [2.05, 4.69) is 20.8 Å². The second kappa shape index (κ2) is 5.31. The van der Waals surface area contributed by atoms with Gasteiger partial charge in [0.1, 0.15) is 0 Å². The highest BCUT2D eigenvalue weighted by atomic mass is 16.4. The van der Waals surface area contributed by atoms with Crippen LogP contribution in [0.25, 0.3) is 0 Å². The monoisotopic (exact) mass is 289 g/mol. The second-order valence-electron chi connectivity index (χ2n) is 6.36. The van der Waals surface area contributed by atoms with Crippen molar-refractivity contribution in [1.29, 1.82) is 0 Å². The number of carbonyl (C=O) groups is 3. The first-order valence-corrected chi connectivity index (χ1v) is 6.89. The number of carboxylic acid groups (broad SMARTS) is 1. The van der Waals surface area contributed by atoms with E-state index in [1.807, 2.05) is 12.1 Å². The lowest BCUT2D eigenvalue weighted by atomic mass is 9.87. The van der Waals surface area contributed by atoms with E-state index in [0.29, 0.717) is 5.69 Å². The fourth-order valence-electron chi connectivity index (χ4n) is 2.45. The van der Waals surface area contributed by atoms with Gasteiger partial charge in [-0.05, 0) is 23.1 Å². The zero-order chi connectivity index (χ0) is 15.8. The molecule has 112 valence electrons. The van der Waals surface area contributed by atoms with Gasteiger partial charge in [-0.1, -0.05) is 32.9 Å². The van der Waals surface area contributed by atoms with Crippen molar-refractivity contribution in [2.75, 3.05) is 4.90 Å². The molecule has 0 unspecified atom stereocenters. The SMILES string of the molecule is CC(C)(C)c1ccc(N2C(=O)C[C@@H](CC(=O)O)C2=O)cc1. The standard InChI is InChI=1S/C16H19NO4/c1-16(2,3)11-4-6-12(7-5-11)17-13(18)8-10(15(17)21)9-14(19)20/h4-7,10H,8-9H2,1-3H3,(H,19,20)/t10-/m0/s1. The highest BCUT2D eigenvalue weighted by Gasteiger charge is 2.40. The number of nitrogens with zero attached hydrogens (tertiary/aromatic N) is 1. The Morgan fingerprint density at radius 1 is 1.24 bits per heavy atom. The maximum atomic E-state index is 12.2. The van der Waals surface area contributed by atoms with Gasteiger partial charge >= 0.3 is 5.97 Å². The first-order chi connectivity index (χ1) is 9.70. The van der Waals surface area contributed by atoms with Crippen molar-refractivity contribution in [3.8, 4) is 0 Å². The molecule has 1 aromatic carbocycles. The topological polar surface area (TPSA) is 74.7 Å². The van der Waals surface area contributed by atoms with Crippen molar-refractivity contribution in [1.82, 2.24) is 0 Å².